The van der Waals surface area contributed by atoms with Crippen molar-refractivity contribution in [3.05, 3.63) is 23.8 Å². The van der Waals surface area contributed by atoms with Crippen molar-refractivity contribution in [1.29, 1.82) is 0 Å². The zero-order valence-electron chi connectivity index (χ0n) is 8.85. The fraction of sp³-hybridized carbons (Fsp3) is 0.222. The van der Waals surface area contributed by atoms with Crippen LogP contribution in [0.5, 0.6) is 5.75 Å². The van der Waals surface area contributed by atoms with Gasteiger partial charge in [0.15, 0.2) is 9.84 Å². The molecule has 9 heteroatoms. The molecule has 0 saturated carbocycles. The van der Waals surface area contributed by atoms with Gasteiger partial charge in [-0.05, 0) is 18.2 Å². The molecule has 0 amide bonds. The highest BCUT2D eigenvalue weighted by atomic mass is 32.2. The number of hydrogen-bond acceptors (Lipinski definition) is 4. The van der Waals surface area contributed by atoms with Gasteiger partial charge in [-0.25, -0.2) is 13.2 Å². The van der Waals surface area contributed by atoms with Gasteiger partial charge in [0, 0.05) is 6.26 Å². The maximum Gasteiger partial charge on any atom is 0.573 e. The van der Waals surface area contributed by atoms with E-state index >= 15 is 0 Å². The van der Waals surface area contributed by atoms with E-state index in [1.807, 2.05) is 0 Å². The number of carboxylic acid groups (broad SMARTS) is 1. The third-order valence-corrected chi connectivity index (χ3v) is 2.97. The molecule has 0 aliphatic carbocycles. The third-order valence-electron chi connectivity index (χ3n) is 1.81. The summed E-state index contributed by atoms with van der Waals surface area (Å²) in [5.74, 6) is -2.46. The number of aromatic carboxylic acids is 1. The second kappa shape index (κ2) is 4.48. The first-order chi connectivity index (χ1) is 8.00. The Kier molecular flexibility index (Phi) is 3.56. The first-order valence-electron chi connectivity index (χ1n) is 4.34. The lowest BCUT2D eigenvalue weighted by atomic mass is 10.2. The van der Waals surface area contributed by atoms with Crippen LogP contribution < -0.4 is 4.74 Å². The van der Waals surface area contributed by atoms with Crippen molar-refractivity contribution in [2.75, 3.05) is 6.26 Å². The van der Waals surface area contributed by atoms with Crippen molar-refractivity contribution in [3.63, 3.8) is 0 Å². The molecule has 0 radical (unpaired) electrons. The number of rotatable bonds is 3. The summed E-state index contributed by atoms with van der Waals surface area (Å²) in [6, 6.07) is 1.99. The maximum atomic E-state index is 11.9. The molecule has 0 fully saturated rings. The molecule has 0 aromatic heterocycles. The van der Waals surface area contributed by atoms with Crippen LogP contribution in [-0.4, -0.2) is 32.1 Å². The molecule has 0 aliphatic heterocycles. The summed E-state index contributed by atoms with van der Waals surface area (Å²) in [5.41, 5.74) is -0.778. The van der Waals surface area contributed by atoms with Crippen LogP contribution in [0.25, 0.3) is 0 Å². The quantitative estimate of drug-likeness (QED) is 0.913. The summed E-state index contributed by atoms with van der Waals surface area (Å²) >= 11 is 0. The van der Waals surface area contributed by atoms with E-state index in [9.17, 15) is 26.4 Å². The van der Waals surface area contributed by atoms with Crippen LogP contribution in [0.2, 0.25) is 0 Å². The van der Waals surface area contributed by atoms with Crippen LogP contribution in [0.4, 0.5) is 13.2 Å². The lowest BCUT2D eigenvalue weighted by Gasteiger charge is -2.10. The standard InChI is InChI=1S/C9H7F3O5S/c1-18(15,16)7-3-2-5(17-9(10,11)12)4-6(7)8(13)14/h2-4H,1H3,(H,13,14). The summed E-state index contributed by atoms with van der Waals surface area (Å²) in [6.45, 7) is 0. The normalized spacial score (nSPS) is 12.2. The van der Waals surface area contributed by atoms with Crippen LogP contribution >= 0.6 is 0 Å². The number of sulfone groups is 1. The van der Waals surface area contributed by atoms with Crippen molar-refractivity contribution in [3.8, 4) is 5.75 Å². The summed E-state index contributed by atoms with van der Waals surface area (Å²) < 4.78 is 61.7. The second-order valence-corrected chi connectivity index (χ2v) is 5.27. The Morgan fingerprint density at radius 2 is 1.89 bits per heavy atom. The molecule has 0 spiro atoms. The van der Waals surface area contributed by atoms with Gasteiger partial charge in [-0.3, -0.25) is 0 Å². The summed E-state index contributed by atoms with van der Waals surface area (Å²) in [7, 11) is -3.86. The lowest BCUT2D eigenvalue weighted by Crippen LogP contribution is -2.18. The molecule has 0 aliphatic rings. The molecule has 0 bridgehead atoms. The second-order valence-electron chi connectivity index (χ2n) is 3.28. The van der Waals surface area contributed by atoms with Gasteiger partial charge in [-0.2, -0.15) is 0 Å². The van der Waals surface area contributed by atoms with E-state index in [1.165, 1.54) is 0 Å². The van der Waals surface area contributed by atoms with Crippen LogP contribution in [0.3, 0.4) is 0 Å². The summed E-state index contributed by atoms with van der Waals surface area (Å²) in [6.07, 6.45) is -4.23. The average Bonchev–Trinajstić information content (AvgIpc) is 2.12. The molecule has 1 rings (SSSR count). The van der Waals surface area contributed by atoms with Gasteiger partial charge in [0.1, 0.15) is 5.75 Å². The molecule has 18 heavy (non-hydrogen) atoms. The Bertz CT molecular complexity index is 576. The van der Waals surface area contributed by atoms with E-state index in [4.69, 9.17) is 5.11 Å². The number of ether oxygens (including phenoxy) is 1. The van der Waals surface area contributed by atoms with Gasteiger partial charge < -0.3 is 9.84 Å². The molecule has 1 N–H and O–H groups in total. The predicted octanol–water partition coefficient (Wildman–Crippen LogP) is 1.69. The van der Waals surface area contributed by atoms with Gasteiger partial charge in [0.2, 0.25) is 0 Å². The van der Waals surface area contributed by atoms with Gasteiger partial charge in [-0.1, -0.05) is 0 Å². The van der Waals surface area contributed by atoms with Crippen molar-refractivity contribution in [2.24, 2.45) is 0 Å². The Morgan fingerprint density at radius 1 is 1.33 bits per heavy atom. The van der Waals surface area contributed by atoms with Crippen molar-refractivity contribution >= 4 is 15.8 Å². The zero-order chi connectivity index (χ0) is 14.1. The van der Waals surface area contributed by atoms with Gasteiger partial charge in [0.05, 0.1) is 10.5 Å². The highest BCUT2D eigenvalue weighted by Gasteiger charge is 2.32. The molecule has 0 unspecified atom stereocenters. The molecule has 5 nitrogen and oxygen atoms in total. The monoisotopic (exact) mass is 284 g/mol. The van der Waals surface area contributed by atoms with Gasteiger partial charge in [-0.15, -0.1) is 13.2 Å². The minimum Gasteiger partial charge on any atom is -0.478 e. The smallest absolute Gasteiger partial charge is 0.478 e. The van der Waals surface area contributed by atoms with Gasteiger partial charge in [0.25, 0.3) is 0 Å². The molecular formula is C9H7F3O5S. The summed E-state index contributed by atoms with van der Waals surface area (Å²) in [5, 5.41) is 8.75. The number of hydrogen-bond donors (Lipinski definition) is 1. The molecule has 1 aromatic carbocycles. The molecule has 0 heterocycles. The average molecular weight is 284 g/mol. The topological polar surface area (TPSA) is 80.7 Å². The fourth-order valence-corrected chi connectivity index (χ4v) is 2.06. The Morgan fingerprint density at radius 3 is 2.28 bits per heavy atom. The van der Waals surface area contributed by atoms with E-state index in [0.717, 1.165) is 18.4 Å². The van der Waals surface area contributed by atoms with Crippen LogP contribution in [0.1, 0.15) is 10.4 Å². The largest absolute Gasteiger partial charge is 0.573 e. The summed E-state index contributed by atoms with van der Waals surface area (Å²) in [4.78, 5) is 10.2. The Labute approximate surface area is 99.7 Å². The van der Waals surface area contributed by atoms with Crippen LogP contribution in [0, 0.1) is 0 Å². The Hall–Kier alpha value is -1.77. The zero-order valence-corrected chi connectivity index (χ0v) is 9.67. The highest BCUT2D eigenvalue weighted by Crippen LogP contribution is 2.26. The number of alkyl halides is 3. The predicted molar refractivity (Wildman–Crippen MR) is 53.2 cm³/mol. The van der Waals surface area contributed by atoms with E-state index in [2.05, 4.69) is 4.74 Å². The number of carbonyl (C=O) groups is 1. The number of halogens is 3. The molecular weight excluding hydrogens is 277 g/mol. The van der Waals surface area contributed by atoms with Crippen LogP contribution in [-0.2, 0) is 9.84 Å². The molecule has 1 aromatic rings. The third kappa shape index (κ3) is 3.62. The lowest BCUT2D eigenvalue weighted by molar-refractivity contribution is -0.274. The number of benzene rings is 1. The first kappa shape index (κ1) is 14.3. The molecule has 100 valence electrons. The van der Waals surface area contributed by atoms with Crippen molar-refractivity contribution < 1.29 is 36.2 Å². The van der Waals surface area contributed by atoms with E-state index in [-0.39, 0.29) is 0 Å². The van der Waals surface area contributed by atoms with Crippen LogP contribution in [0.15, 0.2) is 23.1 Å². The fourth-order valence-electron chi connectivity index (χ4n) is 1.20. The number of carboxylic acids is 1. The Balaban J connectivity index is 3.33. The first-order valence-corrected chi connectivity index (χ1v) is 6.23. The maximum absolute atomic E-state index is 11.9. The van der Waals surface area contributed by atoms with E-state index < -0.39 is 38.4 Å². The van der Waals surface area contributed by atoms with Crippen molar-refractivity contribution in [2.45, 2.75) is 11.3 Å². The molecule has 0 atom stereocenters. The van der Waals surface area contributed by atoms with E-state index in [1.54, 1.807) is 0 Å². The minimum absolute atomic E-state index is 0.506. The SMILES string of the molecule is CS(=O)(=O)c1ccc(OC(F)(F)F)cc1C(=O)O. The molecule has 0 saturated heterocycles. The van der Waals surface area contributed by atoms with E-state index in [0.29, 0.717) is 6.07 Å². The van der Waals surface area contributed by atoms with Crippen molar-refractivity contribution in [1.82, 2.24) is 0 Å². The highest BCUT2D eigenvalue weighted by molar-refractivity contribution is 7.90. The minimum atomic E-state index is -4.98. The van der Waals surface area contributed by atoms with Gasteiger partial charge >= 0.3 is 12.3 Å².